The Balaban J connectivity index is 2.00. The van der Waals surface area contributed by atoms with Gasteiger partial charge in [0.1, 0.15) is 5.00 Å². The molecule has 7 heteroatoms. The van der Waals surface area contributed by atoms with Gasteiger partial charge in [0, 0.05) is 4.88 Å². The lowest BCUT2D eigenvalue weighted by Gasteiger charge is -2.16. The van der Waals surface area contributed by atoms with Crippen LogP contribution in [0.25, 0.3) is 0 Å². The van der Waals surface area contributed by atoms with Gasteiger partial charge in [0.25, 0.3) is 5.91 Å². The number of carbonyl (C=O) groups is 3. The van der Waals surface area contributed by atoms with Gasteiger partial charge < -0.3 is 14.8 Å². The maximum atomic E-state index is 12.2. The fraction of sp³-hybridized carbons (Fsp3) is 0.526. The van der Waals surface area contributed by atoms with Gasteiger partial charge in [0.05, 0.1) is 18.1 Å². The number of aryl methyl sites for hydroxylation is 1. The predicted molar refractivity (Wildman–Crippen MR) is 100 cm³/mol. The maximum absolute atomic E-state index is 12.2. The van der Waals surface area contributed by atoms with Gasteiger partial charge in [-0.25, -0.2) is 4.79 Å². The molecule has 1 aliphatic carbocycles. The van der Waals surface area contributed by atoms with Crippen molar-refractivity contribution in [1.29, 1.82) is 0 Å². The molecule has 1 aromatic rings. The summed E-state index contributed by atoms with van der Waals surface area (Å²) < 4.78 is 10.2. The smallest absolute Gasteiger partial charge is 0.341 e. The van der Waals surface area contributed by atoms with Gasteiger partial charge in [-0.15, -0.1) is 11.3 Å². The molecule has 1 heterocycles. The van der Waals surface area contributed by atoms with E-state index < -0.39 is 11.9 Å². The van der Waals surface area contributed by atoms with Gasteiger partial charge in [0.2, 0.25) is 0 Å². The molecular formula is C19H25NO5S. The van der Waals surface area contributed by atoms with Crippen LogP contribution in [0.2, 0.25) is 0 Å². The van der Waals surface area contributed by atoms with Gasteiger partial charge in [-0.1, -0.05) is 19.1 Å². The molecule has 0 aromatic carbocycles. The molecule has 2 rings (SSSR count). The van der Waals surface area contributed by atoms with E-state index in [0.717, 1.165) is 29.7 Å². The van der Waals surface area contributed by atoms with Crippen LogP contribution in [0.1, 0.15) is 53.9 Å². The van der Waals surface area contributed by atoms with E-state index >= 15 is 0 Å². The van der Waals surface area contributed by atoms with Crippen molar-refractivity contribution in [2.75, 3.05) is 18.5 Å². The minimum atomic E-state index is -0.459. The number of ether oxygens (including phenoxy) is 2. The predicted octanol–water partition coefficient (Wildman–Crippen LogP) is 3.63. The average Bonchev–Trinajstić information content (AvgIpc) is 2.95. The first-order valence-corrected chi connectivity index (χ1v) is 9.70. The number of nitrogens with one attached hydrogen (secondary N) is 1. The molecule has 0 spiro atoms. The Morgan fingerprint density at radius 3 is 2.62 bits per heavy atom. The summed E-state index contributed by atoms with van der Waals surface area (Å²) in [6, 6.07) is 0. The first-order chi connectivity index (χ1) is 12.5. The summed E-state index contributed by atoms with van der Waals surface area (Å²) in [4.78, 5) is 37.4. The van der Waals surface area contributed by atoms with Crippen LogP contribution in [0.5, 0.6) is 0 Å². The molecule has 0 saturated carbocycles. The van der Waals surface area contributed by atoms with E-state index in [1.807, 2.05) is 26.0 Å². The van der Waals surface area contributed by atoms with E-state index in [1.54, 1.807) is 6.92 Å². The number of carbonyl (C=O) groups excluding carboxylic acids is 3. The summed E-state index contributed by atoms with van der Waals surface area (Å²) in [5, 5.41) is 3.14. The fourth-order valence-electron chi connectivity index (χ4n) is 2.86. The van der Waals surface area contributed by atoms with Crippen LogP contribution < -0.4 is 5.32 Å². The Hall–Kier alpha value is -2.15. The van der Waals surface area contributed by atoms with Crippen LogP contribution in [-0.4, -0.2) is 31.1 Å². The summed E-state index contributed by atoms with van der Waals surface area (Å²) in [5.41, 5.74) is 1.20. The first kappa shape index (κ1) is 20.2. The zero-order chi connectivity index (χ0) is 19.1. The number of amides is 1. The topological polar surface area (TPSA) is 81.7 Å². The summed E-state index contributed by atoms with van der Waals surface area (Å²) in [6.07, 6.45) is 7.00. The minimum absolute atomic E-state index is 0.182. The van der Waals surface area contributed by atoms with Gasteiger partial charge in [-0.2, -0.15) is 0 Å². The Morgan fingerprint density at radius 2 is 2.00 bits per heavy atom. The van der Waals surface area contributed by atoms with Crippen LogP contribution in [0.4, 0.5) is 5.00 Å². The second-order valence-electron chi connectivity index (χ2n) is 6.07. The molecule has 0 fully saturated rings. The normalized spacial score (nSPS) is 16.2. The van der Waals surface area contributed by atoms with Crippen molar-refractivity contribution < 1.29 is 23.9 Å². The second-order valence-corrected chi connectivity index (χ2v) is 7.17. The molecule has 1 N–H and O–H groups in total. The van der Waals surface area contributed by atoms with E-state index in [9.17, 15) is 14.4 Å². The van der Waals surface area contributed by atoms with Crippen LogP contribution in [0.3, 0.4) is 0 Å². The van der Waals surface area contributed by atoms with E-state index in [-0.39, 0.29) is 25.1 Å². The third-order valence-electron chi connectivity index (χ3n) is 4.25. The van der Waals surface area contributed by atoms with E-state index in [4.69, 9.17) is 9.47 Å². The summed E-state index contributed by atoms with van der Waals surface area (Å²) in [6.45, 7) is 5.46. The van der Waals surface area contributed by atoms with Crippen LogP contribution in [0.15, 0.2) is 12.2 Å². The van der Waals surface area contributed by atoms with Gasteiger partial charge in [-0.3, -0.25) is 9.59 Å². The van der Waals surface area contributed by atoms with Crippen LogP contribution in [0, 0.1) is 12.8 Å². The van der Waals surface area contributed by atoms with Crippen molar-refractivity contribution in [3.8, 4) is 0 Å². The monoisotopic (exact) mass is 379 g/mol. The number of allylic oxidation sites excluding steroid dienone is 2. The molecule has 1 aliphatic rings. The molecule has 0 aliphatic heterocycles. The average molecular weight is 379 g/mol. The molecule has 142 valence electrons. The zero-order valence-corrected chi connectivity index (χ0v) is 16.2. The number of rotatable bonds is 7. The lowest BCUT2D eigenvalue weighted by Crippen LogP contribution is -2.25. The molecule has 6 nitrogen and oxygen atoms in total. The van der Waals surface area contributed by atoms with Gasteiger partial charge >= 0.3 is 11.9 Å². The Bertz CT molecular complexity index is 707. The molecule has 0 unspecified atom stereocenters. The van der Waals surface area contributed by atoms with E-state index in [2.05, 4.69) is 5.32 Å². The molecule has 0 saturated heterocycles. The van der Waals surface area contributed by atoms with Crippen molar-refractivity contribution in [2.45, 2.75) is 46.5 Å². The molecular weight excluding hydrogens is 354 g/mol. The Morgan fingerprint density at radius 1 is 1.23 bits per heavy atom. The molecule has 1 aromatic heterocycles. The highest BCUT2D eigenvalue weighted by Crippen LogP contribution is 2.34. The number of esters is 2. The second kappa shape index (κ2) is 9.52. The summed E-state index contributed by atoms with van der Waals surface area (Å²) >= 11 is 1.35. The van der Waals surface area contributed by atoms with Crippen molar-refractivity contribution >= 4 is 34.2 Å². The number of hydrogen-bond acceptors (Lipinski definition) is 6. The molecule has 26 heavy (non-hydrogen) atoms. The molecule has 0 radical (unpaired) electrons. The van der Waals surface area contributed by atoms with Crippen molar-refractivity contribution in [2.24, 2.45) is 5.92 Å². The summed E-state index contributed by atoms with van der Waals surface area (Å²) in [5.74, 6) is -1.45. The minimum Gasteiger partial charge on any atom is -0.462 e. The number of thiophene rings is 1. The lowest BCUT2D eigenvalue weighted by atomic mass is 9.95. The van der Waals surface area contributed by atoms with Gasteiger partial charge in [0.15, 0.2) is 6.61 Å². The lowest BCUT2D eigenvalue weighted by molar-refractivity contribution is -0.151. The highest BCUT2D eigenvalue weighted by Gasteiger charge is 2.24. The molecule has 1 amide bonds. The SMILES string of the molecule is CCOC(=O)c1c(NC(=O)COC(=O)[C@@H]2CC=CCC2)sc(CC)c1C. The zero-order valence-electron chi connectivity index (χ0n) is 15.4. The van der Waals surface area contributed by atoms with Crippen molar-refractivity contribution in [1.82, 2.24) is 0 Å². The van der Waals surface area contributed by atoms with Crippen molar-refractivity contribution in [3.63, 3.8) is 0 Å². The number of anilines is 1. The highest BCUT2D eigenvalue weighted by molar-refractivity contribution is 7.17. The van der Waals surface area contributed by atoms with Crippen LogP contribution >= 0.6 is 11.3 Å². The quantitative estimate of drug-likeness (QED) is 0.578. The van der Waals surface area contributed by atoms with Crippen LogP contribution in [-0.2, 0) is 25.5 Å². The number of hydrogen-bond donors (Lipinski definition) is 1. The third-order valence-corrected chi connectivity index (χ3v) is 5.60. The first-order valence-electron chi connectivity index (χ1n) is 8.88. The van der Waals surface area contributed by atoms with E-state index in [0.29, 0.717) is 17.0 Å². The maximum Gasteiger partial charge on any atom is 0.341 e. The van der Waals surface area contributed by atoms with E-state index in [1.165, 1.54) is 11.3 Å². The fourth-order valence-corrected chi connectivity index (χ4v) is 4.01. The highest BCUT2D eigenvalue weighted by atomic mass is 32.1. The third kappa shape index (κ3) is 4.94. The summed E-state index contributed by atoms with van der Waals surface area (Å²) in [7, 11) is 0. The van der Waals surface area contributed by atoms with Crippen molar-refractivity contribution in [3.05, 3.63) is 28.2 Å². The Kier molecular flexibility index (Phi) is 7.38. The molecule has 1 atom stereocenters. The Labute approximate surface area is 157 Å². The molecule has 0 bridgehead atoms. The van der Waals surface area contributed by atoms with Gasteiger partial charge in [-0.05, 0) is 45.1 Å². The largest absolute Gasteiger partial charge is 0.462 e. The standard InChI is InChI=1S/C19H25NO5S/c1-4-14-12(3)16(19(23)24-5-2)17(26-14)20-15(21)11-25-18(22)13-9-7-6-8-10-13/h6-7,13H,4-5,8-11H2,1-3H3,(H,20,21)/t13-/m1/s1.